The lowest BCUT2D eigenvalue weighted by molar-refractivity contribution is 0.0696. The van der Waals surface area contributed by atoms with E-state index in [0.717, 1.165) is 11.6 Å². The number of sulfonamides is 1. The van der Waals surface area contributed by atoms with Gasteiger partial charge in [-0.2, -0.15) is 0 Å². The lowest BCUT2D eigenvalue weighted by atomic mass is 10.1. The SMILES string of the molecule is Cc1cc(C(=O)O)cc(S(=O)(=O)NC(C)Cc2cccnc2)c1. The van der Waals surface area contributed by atoms with Crippen molar-refractivity contribution in [1.82, 2.24) is 9.71 Å². The predicted molar refractivity (Wildman–Crippen MR) is 85.9 cm³/mol. The quantitative estimate of drug-likeness (QED) is 0.842. The first kappa shape index (κ1) is 17.1. The number of hydrogen-bond donors (Lipinski definition) is 2. The molecule has 2 N–H and O–H groups in total. The van der Waals surface area contributed by atoms with Crippen LogP contribution in [0.4, 0.5) is 0 Å². The molecule has 0 aliphatic heterocycles. The minimum atomic E-state index is -3.79. The summed E-state index contributed by atoms with van der Waals surface area (Å²) >= 11 is 0. The van der Waals surface area contributed by atoms with Gasteiger partial charge in [0.15, 0.2) is 0 Å². The Morgan fingerprint density at radius 1 is 1.35 bits per heavy atom. The van der Waals surface area contributed by atoms with Gasteiger partial charge in [-0.3, -0.25) is 4.98 Å². The summed E-state index contributed by atoms with van der Waals surface area (Å²) in [5.41, 5.74) is 1.44. The van der Waals surface area contributed by atoms with Crippen LogP contribution in [0, 0.1) is 6.92 Å². The van der Waals surface area contributed by atoms with Gasteiger partial charge < -0.3 is 5.11 Å². The minimum absolute atomic E-state index is 0.0482. The zero-order valence-corrected chi connectivity index (χ0v) is 13.7. The number of carbonyl (C=O) groups is 1. The molecule has 0 fully saturated rings. The van der Waals surface area contributed by atoms with Gasteiger partial charge in [0.05, 0.1) is 10.5 Å². The van der Waals surface area contributed by atoms with Gasteiger partial charge in [-0.1, -0.05) is 6.07 Å². The van der Waals surface area contributed by atoms with Gasteiger partial charge >= 0.3 is 5.97 Å². The third-order valence-corrected chi connectivity index (χ3v) is 4.80. The Morgan fingerprint density at radius 3 is 2.70 bits per heavy atom. The second-order valence-corrected chi connectivity index (χ2v) is 7.14. The molecule has 122 valence electrons. The van der Waals surface area contributed by atoms with Gasteiger partial charge in [0.25, 0.3) is 0 Å². The standard InChI is InChI=1S/C16H18N2O4S/c1-11-6-14(16(19)20)9-15(7-11)23(21,22)18-12(2)8-13-4-3-5-17-10-13/h3-7,9-10,12,18H,8H2,1-2H3,(H,19,20). The molecule has 23 heavy (non-hydrogen) atoms. The van der Waals surface area contributed by atoms with Crippen molar-refractivity contribution in [2.45, 2.75) is 31.2 Å². The van der Waals surface area contributed by atoms with Crippen LogP contribution in [0.15, 0.2) is 47.6 Å². The molecule has 2 rings (SSSR count). The molecule has 1 unspecified atom stereocenters. The minimum Gasteiger partial charge on any atom is -0.478 e. The maximum atomic E-state index is 12.4. The molecule has 2 aromatic rings. The average Bonchev–Trinajstić information content (AvgIpc) is 2.46. The average molecular weight is 334 g/mol. The third-order valence-electron chi connectivity index (χ3n) is 3.23. The Hall–Kier alpha value is -2.25. The molecule has 0 aliphatic carbocycles. The summed E-state index contributed by atoms with van der Waals surface area (Å²) in [7, 11) is -3.79. The Balaban J connectivity index is 2.20. The van der Waals surface area contributed by atoms with Gasteiger partial charge in [-0.15, -0.1) is 0 Å². The van der Waals surface area contributed by atoms with E-state index in [1.54, 1.807) is 32.3 Å². The van der Waals surface area contributed by atoms with Crippen LogP contribution in [0.3, 0.4) is 0 Å². The highest BCUT2D eigenvalue weighted by atomic mass is 32.2. The summed E-state index contributed by atoms with van der Waals surface area (Å²) in [6.07, 6.45) is 3.82. The van der Waals surface area contributed by atoms with Crippen LogP contribution in [0.2, 0.25) is 0 Å². The summed E-state index contributed by atoms with van der Waals surface area (Å²) < 4.78 is 27.4. The van der Waals surface area contributed by atoms with Gasteiger partial charge in [-0.05, 0) is 55.7 Å². The van der Waals surface area contributed by atoms with E-state index in [1.807, 2.05) is 6.07 Å². The summed E-state index contributed by atoms with van der Waals surface area (Å²) in [5.74, 6) is -1.16. The molecule has 0 saturated carbocycles. The Kier molecular flexibility index (Phi) is 5.12. The number of carboxylic acid groups (broad SMARTS) is 1. The normalized spacial score (nSPS) is 12.8. The maximum absolute atomic E-state index is 12.4. The molecule has 0 aliphatic rings. The molecule has 0 radical (unpaired) electrons. The van der Waals surface area contributed by atoms with E-state index in [-0.39, 0.29) is 16.5 Å². The number of benzene rings is 1. The number of aryl methyl sites for hydroxylation is 1. The fraction of sp³-hybridized carbons (Fsp3) is 0.250. The number of aromatic nitrogens is 1. The van der Waals surface area contributed by atoms with Crippen molar-refractivity contribution >= 4 is 16.0 Å². The van der Waals surface area contributed by atoms with Crippen molar-refractivity contribution in [2.75, 3.05) is 0 Å². The van der Waals surface area contributed by atoms with E-state index in [2.05, 4.69) is 9.71 Å². The fourth-order valence-electron chi connectivity index (χ4n) is 2.27. The van der Waals surface area contributed by atoms with E-state index in [4.69, 9.17) is 5.11 Å². The fourth-order valence-corrected chi connectivity index (χ4v) is 3.65. The van der Waals surface area contributed by atoms with E-state index in [9.17, 15) is 13.2 Å². The number of nitrogens with one attached hydrogen (secondary N) is 1. The van der Waals surface area contributed by atoms with Crippen LogP contribution in [0.25, 0.3) is 0 Å². The van der Waals surface area contributed by atoms with Crippen molar-refractivity contribution in [3.63, 3.8) is 0 Å². The lowest BCUT2D eigenvalue weighted by Gasteiger charge is -2.15. The zero-order valence-electron chi connectivity index (χ0n) is 12.9. The van der Waals surface area contributed by atoms with Crippen LogP contribution in [0.5, 0.6) is 0 Å². The second kappa shape index (κ2) is 6.89. The molecule has 7 heteroatoms. The summed E-state index contributed by atoms with van der Waals surface area (Å²) in [6, 6.07) is 7.35. The molecule has 1 atom stereocenters. The smallest absolute Gasteiger partial charge is 0.335 e. The number of aromatic carboxylic acids is 1. The monoisotopic (exact) mass is 334 g/mol. The lowest BCUT2D eigenvalue weighted by Crippen LogP contribution is -2.34. The van der Waals surface area contributed by atoms with Gasteiger partial charge in [0.2, 0.25) is 10.0 Å². The summed E-state index contributed by atoms with van der Waals surface area (Å²) in [4.78, 5) is 15.0. The van der Waals surface area contributed by atoms with E-state index >= 15 is 0 Å². The molecule has 6 nitrogen and oxygen atoms in total. The first-order chi connectivity index (χ1) is 10.8. The van der Waals surface area contributed by atoms with E-state index < -0.39 is 16.0 Å². The van der Waals surface area contributed by atoms with E-state index in [0.29, 0.717) is 12.0 Å². The number of nitrogens with zero attached hydrogens (tertiary/aromatic N) is 1. The molecule has 1 aromatic heterocycles. The Bertz CT molecular complexity index is 804. The highest BCUT2D eigenvalue weighted by molar-refractivity contribution is 7.89. The highest BCUT2D eigenvalue weighted by Gasteiger charge is 2.20. The first-order valence-corrected chi connectivity index (χ1v) is 8.52. The van der Waals surface area contributed by atoms with Crippen molar-refractivity contribution in [3.05, 3.63) is 59.4 Å². The number of hydrogen-bond acceptors (Lipinski definition) is 4. The maximum Gasteiger partial charge on any atom is 0.335 e. The zero-order chi connectivity index (χ0) is 17.0. The number of carboxylic acids is 1. The van der Waals surface area contributed by atoms with Crippen molar-refractivity contribution in [2.24, 2.45) is 0 Å². The van der Waals surface area contributed by atoms with Gasteiger partial charge in [-0.25, -0.2) is 17.9 Å². The largest absolute Gasteiger partial charge is 0.478 e. The molecule has 0 saturated heterocycles. The van der Waals surface area contributed by atoms with Crippen LogP contribution in [-0.4, -0.2) is 30.5 Å². The highest BCUT2D eigenvalue weighted by Crippen LogP contribution is 2.16. The first-order valence-electron chi connectivity index (χ1n) is 7.04. The molecular formula is C16H18N2O4S. The molecule has 1 heterocycles. The summed E-state index contributed by atoms with van der Waals surface area (Å²) in [5, 5.41) is 9.05. The van der Waals surface area contributed by atoms with E-state index in [1.165, 1.54) is 12.1 Å². The number of pyridine rings is 1. The molecule has 0 amide bonds. The Labute approximate surface area is 135 Å². The van der Waals surface area contributed by atoms with Crippen molar-refractivity contribution in [1.29, 1.82) is 0 Å². The molecule has 0 bridgehead atoms. The van der Waals surface area contributed by atoms with Crippen molar-refractivity contribution < 1.29 is 18.3 Å². The number of rotatable bonds is 6. The van der Waals surface area contributed by atoms with Crippen LogP contribution in [0.1, 0.15) is 28.4 Å². The molecule has 1 aromatic carbocycles. The summed E-state index contributed by atoms with van der Waals surface area (Å²) in [6.45, 7) is 3.41. The van der Waals surface area contributed by atoms with Crippen molar-refractivity contribution in [3.8, 4) is 0 Å². The van der Waals surface area contributed by atoms with Gasteiger partial charge in [0, 0.05) is 18.4 Å². The second-order valence-electron chi connectivity index (χ2n) is 5.43. The third kappa shape index (κ3) is 4.61. The molecular weight excluding hydrogens is 316 g/mol. The molecule has 0 spiro atoms. The van der Waals surface area contributed by atoms with Crippen LogP contribution in [-0.2, 0) is 16.4 Å². The van der Waals surface area contributed by atoms with Crippen LogP contribution >= 0.6 is 0 Å². The predicted octanol–water partition coefficient (Wildman–Crippen LogP) is 2.00. The Morgan fingerprint density at radius 2 is 2.09 bits per heavy atom. The van der Waals surface area contributed by atoms with Crippen LogP contribution < -0.4 is 4.72 Å². The van der Waals surface area contributed by atoms with Gasteiger partial charge in [0.1, 0.15) is 0 Å². The topological polar surface area (TPSA) is 96.4 Å².